The van der Waals surface area contributed by atoms with E-state index in [9.17, 15) is 31.1 Å². The molecule has 7 nitrogen and oxygen atoms in total. The summed E-state index contributed by atoms with van der Waals surface area (Å²) in [4.78, 5) is 23.0. The average Bonchev–Trinajstić information content (AvgIpc) is 2.77. The Hall–Kier alpha value is -3.74. The van der Waals surface area contributed by atoms with Gasteiger partial charge in [-0.1, -0.05) is 6.08 Å². The highest BCUT2D eigenvalue weighted by Gasteiger charge is 2.37. The minimum atomic E-state index is -4.76. The number of alkyl halides is 6. The second-order valence-electron chi connectivity index (χ2n) is 6.70. The number of hydrazine groups is 1. The van der Waals surface area contributed by atoms with Crippen molar-refractivity contribution in [2.75, 3.05) is 17.4 Å². The van der Waals surface area contributed by atoms with E-state index in [1.807, 2.05) is 0 Å². The fraction of sp³-hybridized carbons (Fsp3) is 0.238. The molecule has 13 heteroatoms. The van der Waals surface area contributed by atoms with Crippen LogP contribution in [0.25, 0.3) is 0 Å². The van der Waals surface area contributed by atoms with Crippen LogP contribution in [0.15, 0.2) is 65.1 Å². The lowest BCUT2D eigenvalue weighted by Gasteiger charge is -2.24. The van der Waals surface area contributed by atoms with Crippen LogP contribution in [0.2, 0.25) is 0 Å². The summed E-state index contributed by atoms with van der Waals surface area (Å²) in [6.07, 6.45) is -3.79. The molecule has 0 spiro atoms. The highest BCUT2D eigenvalue weighted by Crippen LogP contribution is 2.31. The Morgan fingerprint density at radius 3 is 2.29 bits per heavy atom. The third-order valence-electron chi connectivity index (χ3n) is 4.33. The third kappa shape index (κ3) is 7.13. The summed E-state index contributed by atoms with van der Waals surface area (Å²) in [5.74, 6) is 4.82. The minimum Gasteiger partial charge on any atom is -0.307 e. The van der Waals surface area contributed by atoms with E-state index in [-0.39, 0.29) is 23.5 Å². The second kappa shape index (κ2) is 10.9. The summed E-state index contributed by atoms with van der Waals surface area (Å²) in [7, 11) is 1.49. The normalized spacial score (nSPS) is 13.3. The fourth-order valence-corrected chi connectivity index (χ4v) is 2.60. The Morgan fingerprint density at radius 2 is 1.82 bits per heavy atom. The van der Waals surface area contributed by atoms with E-state index in [4.69, 9.17) is 5.84 Å². The van der Waals surface area contributed by atoms with Gasteiger partial charge in [0.2, 0.25) is 0 Å². The minimum absolute atomic E-state index is 0.0602. The lowest BCUT2D eigenvalue weighted by molar-refractivity contribution is -0.141. The van der Waals surface area contributed by atoms with Gasteiger partial charge in [-0.15, -0.1) is 0 Å². The highest BCUT2D eigenvalue weighted by atomic mass is 19.4. The summed E-state index contributed by atoms with van der Waals surface area (Å²) in [5.41, 5.74) is -2.04. The molecule has 0 aliphatic heterocycles. The van der Waals surface area contributed by atoms with Crippen LogP contribution in [0.4, 0.5) is 37.8 Å². The topological polar surface area (TPSA) is 96.5 Å². The van der Waals surface area contributed by atoms with Gasteiger partial charge in [0.1, 0.15) is 17.2 Å². The quantitative estimate of drug-likeness (QED) is 0.251. The number of anilines is 2. The molecule has 0 saturated carbocycles. The molecule has 2 heterocycles. The molecule has 0 aliphatic rings. The van der Waals surface area contributed by atoms with Crippen molar-refractivity contribution in [1.29, 1.82) is 0 Å². The van der Waals surface area contributed by atoms with Crippen molar-refractivity contribution in [1.82, 2.24) is 9.97 Å². The van der Waals surface area contributed by atoms with Gasteiger partial charge >= 0.3 is 12.4 Å². The Morgan fingerprint density at radius 1 is 1.12 bits per heavy atom. The molecule has 2 rings (SSSR count). The van der Waals surface area contributed by atoms with Crippen LogP contribution in [0, 0.1) is 0 Å². The van der Waals surface area contributed by atoms with Crippen LogP contribution in [0.5, 0.6) is 0 Å². The lowest BCUT2D eigenvalue weighted by atomic mass is 10.1. The summed E-state index contributed by atoms with van der Waals surface area (Å²) >= 11 is 0. The van der Waals surface area contributed by atoms with Crippen molar-refractivity contribution in [3.05, 3.63) is 71.3 Å². The number of hydrogen-bond donors (Lipinski definition) is 2. The average molecular weight is 486 g/mol. The number of carbonyl (C=O) groups excluding carboxylic acids is 1. The summed E-state index contributed by atoms with van der Waals surface area (Å²) < 4.78 is 78.3. The molecule has 182 valence electrons. The monoisotopic (exact) mass is 486 g/mol. The number of rotatable bonds is 7. The summed E-state index contributed by atoms with van der Waals surface area (Å²) in [6, 6.07) is 3.97. The molecule has 0 aliphatic carbocycles. The van der Waals surface area contributed by atoms with Crippen molar-refractivity contribution >= 4 is 23.6 Å². The first-order valence-electron chi connectivity index (χ1n) is 9.57. The van der Waals surface area contributed by atoms with E-state index in [1.54, 1.807) is 13.0 Å². The van der Waals surface area contributed by atoms with E-state index < -0.39 is 29.7 Å². The number of pyridine rings is 2. The predicted octanol–water partition coefficient (Wildman–Crippen LogP) is 4.91. The number of amides is 1. The van der Waals surface area contributed by atoms with Crippen molar-refractivity contribution in [2.45, 2.75) is 25.7 Å². The van der Waals surface area contributed by atoms with Gasteiger partial charge in [-0.3, -0.25) is 19.8 Å². The maximum Gasteiger partial charge on any atom is 0.433 e. The number of nitrogens with one attached hydrogen (secondary N) is 1. The van der Waals surface area contributed by atoms with Crippen LogP contribution >= 0.6 is 0 Å². The number of aromatic nitrogens is 2. The molecule has 0 unspecified atom stereocenters. The number of carbonyl (C=O) groups is 1. The van der Waals surface area contributed by atoms with Crippen LogP contribution < -0.4 is 16.2 Å². The molecule has 2 aromatic heterocycles. The van der Waals surface area contributed by atoms with Gasteiger partial charge in [0.25, 0.3) is 5.91 Å². The SMILES string of the molecule is C/C=C(\C=NC)C/C=C(\N(N)c1ccc(NC(=O)c2ccc(C(F)(F)F)nc2)nc1)C(F)(F)F. The Kier molecular flexibility index (Phi) is 8.51. The summed E-state index contributed by atoms with van der Waals surface area (Å²) in [6.45, 7) is 1.66. The van der Waals surface area contributed by atoms with Crippen molar-refractivity contribution in [2.24, 2.45) is 10.8 Å². The number of nitrogens with two attached hydrogens (primary N) is 1. The third-order valence-corrected chi connectivity index (χ3v) is 4.33. The molecule has 0 bridgehead atoms. The van der Waals surface area contributed by atoms with Gasteiger partial charge in [0.05, 0.1) is 17.4 Å². The molecule has 2 aromatic rings. The van der Waals surface area contributed by atoms with Crippen molar-refractivity contribution in [3.8, 4) is 0 Å². The van der Waals surface area contributed by atoms with Crippen molar-refractivity contribution in [3.63, 3.8) is 0 Å². The molecular weight excluding hydrogens is 466 g/mol. The smallest absolute Gasteiger partial charge is 0.307 e. The zero-order valence-corrected chi connectivity index (χ0v) is 17.9. The molecule has 0 fully saturated rings. The van der Waals surface area contributed by atoms with Gasteiger partial charge in [0.15, 0.2) is 0 Å². The van der Waals surface area contributed by atoms with E-state index in [0.717, 1.165) is 24.5 Å². The van der Waals surface area contributed by atoms with Crippen molar-refractivity contribution < 1.29 is 31.1 Å². The molecule has 0 aromatic carbocycles. The standard InChI is InChI=1S/C21H20F6N6O/c1-3-13(10-29-2)4-8-17(21(25,26)27)33(28)15-6-9-18(31-12-15)32-19(34)14-5-7-16(30-11-14)20(22,23)24/h3,5-12H,4,28H2,1-2H3,(H,31,32,34)/b13-3-,17-8-,29-10?. The van der Waals surface area contributed by atoms with Crippen LogP contribution in [-0.2, 0) is 6.18 Å². The Bertz CT molecular complexity index is 1070. The van der Waals surface area contributed by atoms with Crippen LogP contribution in [0.3, 0.4) is 0 Å². The zero-order chi connectivity index (χ0) is 25.5. The lowest BCUT2D eigenvalue weighted by Crippen LogP contribution is -2.37. The zero-order valence-electron chi connectivity index (χ0n) is 17.9. The molecule has 0 radical (unpaired) electrons. The molecule has 1 amide bonds. The molecule has 0 atom stereocenters. The number of aliphatic imine (C=N–C) groups is 1. The highest BCUT2D eigenvalue weighted by molar-refractivity contribution is 6.03. The van der Waals surface area contributed by atoms with E-state index in [0.29, 0.717) is 16.6 Å². The van der Waals surface area contributed by atoms with Gasteiger partial charge in [0, 0.05) is 19.5 Å². The van der Waals surface area contributed by atoms with Gasteiger partial charge in [-0.05, 0) is 49.3 Å². The molecule has 0 saturated heterocycles. The Balaban J connectivity index is 2.17. The maximum atomic E-state index is 13.5. The van der Waals surface area contributed by atoms with Gasteiger partial charge in [-0.25, -0.2) is 10.8 Å². The Labute approximate surface area is 190 Å². The number of nitrogens with zero attached hydrogens (tertiary/aromatic N) is 4. The van der Waals surface area contributed by atoms with E-state index in [1.165, 1.54) is 25.4 Å². The molecule has 3 N–H and O–H groups in total. The van der Waals surface area contributed by atoms with E-state index >= 15 is 0 Å². The predicted molar refractivity (Wildman–Crippen MR) is 115 cm³/mol. The fourth-order valence-electron chi connectivity index (χ4n) is 2.60. The number of halogens is 6. The summed E-state index contributed by atoms with van der Waals surface area (Å²) in [5, 5.41) is 2.73. The first-order chi connectivity index (χ1) is 15.9. The van der Waals surface area contributed by atoms with Crippen LogP contribution in [0.1, 0.15) is 29.4 Å². The van der Waals surface area contributed by atoms with Crippen LogP contribution in [-0.4, -0.2) is 35.3 Å². The first-order valence-corrected chi connectivity index (χ1v) is 9.57. The number of hydrogen-bond acceptors (Lipinski definition) is 6. The van der Waals surface area contributed by atoms with Gasteiger partial charge in [-0.2, -0.15) is 26.3 Å². The largest absolute Gasteiger partial charge is 0.433 e. The maximum absolute atomic E-state index is 13.5. The van der Waals surface area contributed by atoms with Gasteiger partial charge < -0.3 is 5.32 Å². The second-order valence-corrected chi connectivity index (χ2v) is 6.70. The van der Waals surface area contributed by atoms with E-state index in [2.05, 4.69) is 20.3 Å². The first kappa shape index (κ1) is 26.5. The number of allylic oxidation sites excluding steroid dienone is 4. The molecule has 34 heavy (non-hydrogen) atoms. The molecular formula is C21H20F6N6O.